The highest BCUT2D eigenvalue weighted by molar-refractivity contribution is 9.10. The lowest BCUT2D eigenvalue weighted by atomic mass is 9.98. The van der Waals surface area contributed by atoms with Gasteiger partial charge < -0.3 is 20.8 Å². The second-order valence-electron chi connectivity index (χ2n) is 5.37. The number of guanidine groups is 1. The zero-order chi connectivity index (χ0) is 19.1. The molecule has 2 heterocycles. The van der Waals surface area contributed by atoms with E-state index >= 15 is 0 Å². The minimum Gasteiger partial charge on any atom is -0.453 e. The number of aliphatic imine (C=N–C) groups is 1. The molecule has 1 amide bonds. The van der Waals surface area contributed by atoms with Gasteiger partial charge in [-0.15, -0.1) is 0 Å². The molecule has 5 N–H and O–H groups in total. The SMILES string of the molecule is COC(=O)Nc1ccc2c(C3N=C(N)NC=C3C(F)(F)F)c[nH]c2c1Br. The van der Waals surface area contributed by atoms with Crippen molar-refractivity contribution in [3.8, 4) is 0 Å². The molecular formula is C15H13BrF3N5O2. The van der Waals surface area contributed by atoms with Crippen molar-refractivity contribution in [1.29, 1.82) is 0 Å². The number of aromatic nitrogens is 1. The van der Waals surface area contributed by atoms with Gasteiger partial charge in [-0.3, -0.25) is 5.32 Å². The lowest BCUT2D eigenvalue weighted by Gasteiger charge is -2.23. The van der Waals surface area contributed by atoms with E-state index in [1.165, 1.54) is 13.3 Å². The molecule has 0 saturated heterocycles. The molecule has 0 bridgehead atoms. The van der Waals surface area contributed by atoms with Crippen molar-refractivity contribution in [2.75, 3.05) is 12.4 Å². The highest BCUT2D eigenvalue weighted by Crippen LogP contribution is 2.42. The maximum absolute atomic E-state index is 13.3. The number of nitrogens with two attached hydrogens (primary N) is 1. The van der Waals surface area contributed by atoms with Gasteiger partial charge in [0.2, 0.25) is 0 Å². The number of carbonyl (C=O) groups excluding carboxylic acids is 1. The molecule has 1 aromatic carbocycles. The maximum Gasteiger partial charge on any atom is 0.416 e. The summed E-state index contributed by atoms with van der Waals surface area (Å²) in [5, 5.41) is 5.30. The van der Waals surface area contributed by atoms with Gasteiger partial charge in [-0.05, 0) is 22.0 Å². The Hall–Kier alpha value is -2.69. The van der Waals surface area contributed by atoms with Crippen LogP contribution in [0.3, 0.4) is 0 Å². The summed E-state index contributed by atoms with van der Waals surface area (Å²) in [6.07, 6.45) is -3.00. The van der Waals surface area contributed by atoms with Crippen molar-refractivity contribution < 1.29 is 22.7 Å². The Bertz CT molecular complexity index is 935. The van der Waals surface area contributed by atoms with Crippen LogP contribution in [0.1, 0.15) is 11.6 Å². The van der Waals surface area contributed by atoms with Crippen LogP contribution >= 0.6 is 15.9 Å². The number of hydrogen-bond acceptors (Lipinski definition) is 5. The normalized spacial score (nSPS) is 17.3. The van der Waals surface area contributed by atoms with Crippen LogP contribution in [-0.2, 0) is 4.74 Å². The number of ether oxygens (including phenoxy) is 1. The maximum atomic E-state index is 13.3. The molecule has 138 valence electrons. The van der Waals surface area contributed by atoms with Crippen LogP contribution in [0, 0.1) is 0 Å². The molecule has 3 rings (SSSR count). The Morgan fingerprint density at radius 1 is 1.42 bits per heavy atom. The molecule has 0 radical (unpaired) electrons. The third-order valence-corrected chi connectivity index (χ3v) is 4.63. The molecule has 1 aliphatic heterocycles. The highest BCUT2D eigenvalue weighted by atomic mass is 79.9. The van der Waals surface area contributed by atoms with E-state index < -0.39 is 23.9 Å². The number of alkyl halides is 3. The van der Waals surface area contributed by atoms with E-state index in [1.54, 1.807) is 12.1 Å². The summed E-state index contributed by atoms with van der Waals surface area (Å²) in [5.41, 5.74) is 5.90. The molecule has 1 aliphatic rings. The molecule has 1 unspecified atom stereocenters. The quantitative estimate of drug-likeness (QED) is 0.583. The van der Waals surface area contributed by atoms with E-state index in [0.29, 0.717) is 26.6 Å². The number of carbonyl (C=O) groups is 1. The predicted octanol–water partition coefficient (Wildman–Crippen LogP) is 3.51. The zero-order valence-electron chi connectivity index (χ0n) is 13.2. The average Bonchev–Trinajstić information content (AvgIpc) is 3.00. The van der Waals surface area contributed by atoms with Crippen LogP contribution in [0.5, 0.6) is 0 Å². The second-order valence-corrected chi connectivity index (χ2v) is 6.16. The molecule has 7 nitrogen and oxygen atoms in total. The number of methoxy groups -OCH3 is 1. The van der Waals surface area contributed by atoms with Crippen LogP contribution in [0.15, 0.2) is 39.6 Å². The van der Waals surface area contributed by atoms with E-state index in [1.807, 2.05) is 0 Å². The summed E-state index contributed by atoms with van der Waals surface area (Å²) in [5.74, 6) is -0.111. The fourth-order valence-electron chi connectivity index (χ4n) is 2.62. The standard InChI is InChI=1S/C15H13BrF3N5O2/c1-26-14(25)23-9-3-2-6-7(4-21-12(6)10(9)16)11-8(15(17,18)19)5-22-13(20)24-11/h2-5,11,21H,1H3,(H,23,25)(H3,20,22,24). The van der Waals surface area contributed by atoms with Crippen molar-refractivity contribution in [2.45, 2.75) is 12.2 Å². The third-order valence-electron chi connectivity index (χ3n) is 3.81. The minimum absolute atomic E-state index is 0.111. The van der Waals surface area contributed by atoms with Gasteiger partial charge in [-0.2, -0.15) is 13.2 Å². The van der Waals surface area contributed by atoms with Gasteiger partial charge in [0.25, 0.3) is 0 Å². The van der Waals surface area contributed by atoms with Crippen molar-refractivity contribution in [1.82, 2.24) is 10.3 Å². The number of rotatable bonds is 2. The molecular weight excluding hydrogens is 419 g/mol. The summed E-state index contributed by atoms with van der Waals surface area (Å²) in [7, 11) is 1.22. The molecule has 0 spiro atoms. The van der Waals surface area contributed by atoms with Crippen LogP contribution in [0.25, 0.3) is 10.9 Å². The Morgan fingerprint density at radius 2 is 2.15 bits per heavy atom. The zero-order valence-corrected chi connectivity index (χ0v) is 14.8. The van der Waals surface area contributed by atoms with E-state index in [2.05, 4.69) is 41.3 Å². The topological polar surface area (TPSA) is 105 Å². The van der Waals surface area contributed by atoms with Gasteiger partial charge in [0.05, 0.1) is 28.4 Å². The Kier molecular flexibility index (Phi) is 4.57. The summed E-state index contributed by atoms with van der Waals surface area (Å²) < 4.78 is 45.0. The second kappa shape index (κ2) is 6.56. The number of anilines is 1. The first-order valence-electron chi connectivity index (χ1n) is 7.24. The number of halogens is 4. The molecule has 1 atom stereocenters. The number of nitrogens with one attached hydrogen (secondary N) is 3. The van der Waals surface area contributed by atoms with Gasteiger partial charge in [0.15, 0.2) is 5.96 Å². The molecule has 1 aromatic heterocycles. The van der Waals surface area contributed by atoms with E-state index in [4.69, 9.17) is 5.73 Å². The lowest BCUT2D eigenvalue weighted by molar-refractivity contribution is -0.0961. The molecule has 26 heavy (non-hydrogen) atoms. The Morgan fingerprint density at radius 3 is 2.81 bits per heavy atom. The predicted molar refractivity (Wildman–Crippen MR) is 93.7 cm³/mol. The van der Waals surface area contributed by atoms with Crippen LogP contribution < -0.4 is 16.4 Å². The largest absolute Gasteiger partial charge is 0.453 e. The monoisotopic (exact) mass is 431 g/mol. The number of aromatic amines is 1. The number of hydrogen-bond donors (Lipinski definition) is 4. The highest BCUT2D eigenvalue weighted by Gasteiger charge is 2.41. The first kappa shape index (κ1) is 18.1. The minimum atomic E-state index is -4.57. The van der Waals surface area contributed by atoms with Crippen molar-refractivity contribution in [3.63, 3.8) is 0 Å². The third kappa shape index (κ3) is 3.21. The molecule has 0 aliphatic carbocycles. The molecule has 11 heteroatoms. The lowest BCUT2D eigenvalue weighted by Crippen LogP contribution is -2.35. The fraction of sp³-hybridized carbons (Fsp3) is 0.200. The van der Waals surface area contributed by atoms with Crippen molar-refractivity contribution in [3.05, 3.63) is 40.1 Å². The smallest absolute Gasteiger partial charge is 0.416 e. The summed E-state index contributed by atoms with van der Waals surface area (Å²) in [6, 6.07) is 1.82. The van der Waals surface area contributed by atoms with E-state index in [-0.39, 0.29) is 5.96 Å². The van der Waals surface area contributed by atoms with E-state index in [0.717, 1.165) is 6.20 Å². The first-order chi connectivity index (χ1) is 12.2. The molecule has 0 fully saturated rings. The molecule has 2 aromatic rings. The molecule has 0 saturated carbocycles. The van der Waals surface area contributed by atoms with Gasteiger partial charge in [-0.1, -0.05) is 6.07 Å². The van der Waals surface area contributed by atoms with Crippen LogP contribution in [0.4, 0.5) is 23.7 Å². The summed E-state index contributed by atoms with van der Waals surface area (Å²) >= 11 is 3.33. The van der Waals surface area contributed by atoms with Gasteiger partial charge in [0, 0.05) is 23.3 Å². The summed E-state index contributed by atoms with van der Waals surface area (Å²) in [6.45, 7) is 0. The van der Waals surface area contributed by atoms with Crippen LogP contribution in [-0.4, -0.2) is 30.3 Å². The van der Waals surface area contributed by atoms with Crippen molar-refractivity contribution >= 4 is 44.6 Å². The van der Waals surface area contributed by atoms with E-state index in [9.17, 15) is 18.0 Å². The van der Waals surface area contributed by atoms with Gasteiger partial charge in [0.1, 0.15) is 6.04 Å². The fourth-order valence-corrected chi connectivity index (χ4v) is 3.18. The Balaban J connectivity index is 2.08. The number of nitrogens with zero attached hydrogens (tertiary/aromatic N) is 1. The average molecular weight is 432 g/mol. The van der Waals surface area contributed by atoms with Gasteiger partial charge in [-0.25, -0.2) is 9.79 Å². The van der Waals surface area contributed by atoms with Crippen molar-refractivity contribution in [2.24, 2.45) is 10.7 Å². The number of H-pyrrole nitrogens is 1. The number of fused-ring (bicyclic) bond motifs is 1. The first-order valence-corrected chi connectivity index (χ1v) is 8.03. The Labute approximate surface area is 153 Å². The van der Waals surface area contributed by atoms with Crippen LogP contribution in [0.2, 0.25) is 0 Å². The summed E-state index contributed by atoms with van der Waals surface area (Å²) in [4.78, 5) is 18.2. The van der Waals surface area contributed by atoms with Gasteiger partial charge >= 0.3 is 12.3 Å². The number of amides is 1. The number of benzene rings is 1.